The van der Waals surface area contributed by atoms with Gasteiger partial charge in [0.2, 0.25) is 15.9 Å². The van der Waals surface area contributed by atoms with Crippen LogP contribution in [0.15, 0.2) is 42.5 Å². The Morgan fingerprint density at radius 3 is 2.44 bits per heavy atom. The van der Waals surface area contributed by atoms with Crippen molar-refractivity contribution >= 4 is 15.9 Å². The van der Waals surface area contributed by atoms with Crippen LogP contribution in [0.25, 0.3) is 0 Å². The average Bonchev–Trinajstić information content (AvgIpc) is 2.87. The molecule has 0 aliphatic carbocycles. The molecule has 2 unspecified atom stereocenters. The first kappa shape index (κ1) is 24.5. The predicted octanol–water partition coefficient (Wildman–Crippen LogP) is 3.63. The normalized spacial score (nSPS) is 21.1. The van der Waals surface area contributed by atoms with Gasteiger partial charge in [0.15, 0.2) is 11.5 Å². The van der Waals surface area contributed by atoms with Crippen molar-refractivity contribution in [2.24, 2.45) is 5.92 Å². The molecule has 2 aromatic rings. The zero-order valence-corrected chi connectivity index (χ0v) is 21.0. The highest BCUT2D eigenvalue weighted by molar-refractivity contribution is 7.89. The maximum Gasteiger partial charge on any atom is 0.227 e. The molecule has 0 aromatic heterocycles. The number of methoxy groups -OCH3 is 2. The third-order valence-corrected chi connectivity index (χ3v) is 8.90. The summed E-state index contributed by atoms with van der Waals surface area (Å²) in [5, 5.41) is 0. The van der Waals surface area contributed by atoms with Crippen LogP contribution in [-0.2, 0) is 21.2 Å². The molecule has 8 heteroatoms. The molecule has 184 valence electrons. The van der Waals surface area contributed by atoms with Crippen molar-refractivity contribution < 1.29 is 22.7 Å². The molecular formula is C26H34N2O5S. The summed E-state index contributed by atoms with van der Waals surface area (Å²) in [4.78, 5) is 15.8. The van der Waals surface area contributed by atoms with Crippen LogP contribution in [0, 0.1) is 5.92 Å². The molecule has 0 bridgehead atoms. The lowest BCUT2D eigenvalue weighted by Crippen LogP contribution is -2.49. The van der Waals surface area contributed by atoms with E-state index >= 15 is 0 Å². The summed E-state index contributed by atoms with van der Waals surface area (Å²) in [6, 6.07) is 13.7. The van der Waals surface area contributed by atoms with Gasteiger partial charge in [-0.3, -0.25) is 4.79 Å². The first-order chi connectivity index (χ1) is 16.4. The standard InChI is InChI=1S/C26H34N2O5S/c1-4-15-34(30,31)27-13-8-11-21(18-27)26(29)28-14-12-20-16-23(32-2)24(33-3)17-22(20)25(28)19-9-6-5-7-10-19/h5-7,9-10,16-17,21,25H,4,8,11-15,18H2,1-3H3. The highest BCUT2D eigenvalue weighted by atomic mass is 32.2. The van der Waals surface area contributed by atoms with Crippen molar-refractivity contribution in [1.29, 1.82) is 0 Å². The van der Waals surface area contributed by atoms with E-state index in [9.17, 15) is 13.2 Å². The third kappa shape index (κ3) is 4.79. The van der Waals surface area contributed by atoms with E-state index < -0.39 is 10.0 Å². The first-order valence-corrected chi connectivity index (χ1v) is 13.6. The van der Waals surface area contributed by atoms with Gasteiger partial charge in [0.05, 0.1) is 31.9 Å². The number of nitrogens with zero attached hydrogens (tertiary/aromatic N) is 2. The smallest absolute Gasteiger partial charge is 0.227 e. The van der Waals surface area contributed by atoms with Gasteiger partial charge in [-0.1, -0.05) is 37.3 Å². The van der Waals surface area contributed by atoms with E-state index in [2.05, 4.69) is 0 Å². The van der Waals surface area contributed by atoms with Crippen LogP contribution in [0.3, 0.4) is 0 Å². The minimum Gasteiger partial charge on any atom is -0.493 e. The molecule has 0 radical (unpaired) electrons. The van der Waals surface area contributed by atoms with Crippen molar-refractivity contribution in [2.45, 2.75) is 38.6 Å². The maximum absolute atomic E-state index is 13.9. The Bertz CT molecular complexity index is 1120. The molecule has 0 spiro atoms. The van der Waals surface area contributed by atoms with E-state index in [1.807, 2.05) is 54.3 Å². The lowest BCUT2D eigenvalue weighted by molar-refractivity contribution is -0.138. The number of carbonyl (C=O) groups is 1. The molecule has 2 aromatic carbocycles. The summed E-state index contributed by atoms with van der Waals surface area (Å²) >= 11 is 0. The van der Waals surface area contributed by atoms with Gasteiger partial charge in [0.1, 0.15) is 0 Å². The van der Waals surface area contributed by atoms with Gasteiger partial charge in [-0.25, -0.2) is 12.7 Å². The van der Waals surface area contributed by atoms with Gasteiger partial charge >= 0.3 is 0 Å². The molecule has 7 nitrogen and oxygen atoms in total. The zero-order valence-electron chi connectivity index (χ0n) is 20.2. The molecule has 2 aliphatic rings. The fraction of sp³-hybridized carbons (Fsp3) is 0.500. The van der Waals surface area contributed by atoms with Crippen molar-refractivity contribution in [3.63, 3.8) is 0 Å². The van der Waals surface area contributed by atoms with Gasteiger partial charge in [0, 0.05) is 19.6 Å². The fourth-order valence-corrected chi connectivity index (χ4v) is 6.78. The van der Waals surface area contributed by atoms with E-state index in [1.54, 1.807) is 14.2 Å². The van der Waals surface area contributed by atoms with Gasteiger partial charge < -0.3 is 14.4 Å². The Balaban J connectivity index is 1.69. The van der Waals surface area contributed by atoms with E-state index in [-0.39, 0.29) is 30.2 Å². The maximum atomic E-state index is 13.9. The van der Waals surface area contributed by atoms with Crippen LogP contribution in [-0.4, -0.2) is 63.1 Å². The molecule has 1 fully saturated rings. The zero-order chi connectivity index (χ0) is 24.3. The topological polar surface area (TPSA) is 76.2 Å². The summed E-state index contributed by atoms with van der Waals surface area (Å²) in [7, 11) is -0.0935. The van der Waals surface area contributed by atoms with Crippen LogP contribution in [0.1, 0.15) is 48.9 Å². The second-order valence-corrected chi connectivity index (χ2v) is 11.1. The van der Waals surface area contributed by atoms with E-state index in [0.29, 0.717) is 50.3 Å². The van der Waals surface area contributed by atoms with Crippen LogP contribution in [0.2, 0.25) is 0 Å². The quantitative estimate of drug-likeness (QED) is 0.597. The van der Waals surface area contributed by atoms with Gasteiger partial charge in [-0.05, 0) is 54.5 Å². The Kier molecular flexibility index (Phi) is 7.48. The number of amides is 1. The van der Waals surface area contributed by atoms with Crippen LogP contribution < -0.4 is 9.47 Å². The van der Waals surface area contributed by atoms with Crippen molar-refractivity contribution in [3.05, 3.63) is 59.2 Å². The molecule has 0 N–H and O–H groups in total. The summed E-state index contributed by atoms with van der Waals surface area (Å²) in [5.74, 6) is 1.11. The minimum atomic E-state index is -3.33. The van der Waals surface area contributed by atoms with Crippen molar-refractivity contribution in [1.82, 2.24) is 9.21 Å². The fourth-order valence-electron chi connectivity index (χ4n) is 5.20. The molecule has 4 rings (SSSR count). The van der Waals surface area contributed by atoms with Crippen LogP contribution >= 0.6 is 0 Å². The molecule has 2 aliphatic heterocycles. The van der Waals surface area contributed by atoms with Crippen LogP contribution in [0.4, 0.5) is 0 Å². The van der Waals surface area contributed by atoms with Crippen molar-refractivity contribution in [3.8, 4) is 11.5 Å². The van der Waals surface area contributed by atoms with Gasteiger partial charge in [-0.2, -0.15) is 0 Å². The van der Waals surface area contributed by atoms with Gasteiger partial charge in [-0.15, -0.1) is 0 Å². The summed E-state index contributed by atoms with van der Waals surface area (Å²) in [5.41, 5.74) is 3.18. The highest BCUT2D eigenvalue weighted by Gasteiger charge is 2.39. The monoisotopic (exact) mass is 486 g/mol. The molecule has 0 saturated carbocycles. The number of hydrogen-bond donors (Lipinski definition) is 0. The third-order valence-electron chi connectivity index (χ3n) is 6.86. The number of ether oxygens (including phenoxy) is 2. The van der Waals surface area contributed by atoms with Crippen LogP contribution in [0.5, 0.6) is 11.5 Å². The molecule has 2 heterocycles. The molecule has 1 amide bonds. The SMILES string of the molecule is CCCS(=O)(=O)N1CCCC(C(=O)N2CCc3cc(OC)c(OC)cc3C2c2ccccc2)C1. The number of sulfonamides is 1. The lowest BCUT2D eigenvalue weighted by Gasteiger charge is -2.41. The Labute approximate surface area is 202 Å². The van der Waals surface area contributed by atoms with E-state index in [4.69, 9.17) is 9.47 Å². The number of benzene rings is 2. The summed E-state index contributed by atoms with van der Waals surface area (Å²) < 4.78 is 38.0. The lowest BCUT2D eigenvalue weighted by atomic mass is 9.86. The Morgan fingerprint density at radius 1 is 1.06 bits per heavy atom. The number of carbonyl (C=O) groups excluding carboxylic acids is 1. The second-order valence-electron chi connectivity index (χ2n) is 9.01. The predicted molar refractivity (Wildman–Crippen MR) is 132 cm³/mol. The minimum absolute atomic E-state index is 0.0192. The number of fused-ring (bicyclic) bond motifs is 1. The largest absolute Gasteiger partial charge is 0.493 e. The Hall–Kier alpha value is -2.58. The second kappa shape index (κ2) is 10.4. The van der Waals surface area contributed by atoms with Crippen molar-refractivity contribution in [2.75, 3.05) is 39.6 Å². The van der Waals surface area contributed by atoms with Gasteiger partial charge in [0.25, 0.3) is 0 Å². The first-order valence-electron chi connectivity index (χ1n) is 12.0. The molecule has 34 heavy (non-hydrogen) atoms. The molecular weight excluding hydrogens is 452 g/mol. The number of rotatable bonds is 7. The summed E-state index contributed by atoms with van der Waals surface area (Å²) in [6.07, 6.45) is 2.68. The molecule has 2 atom stereocenters. The average molecular weight is 487 g/mol. The van der Waals surface area contributed by atoms with E-state index in [1.165, 1.54) is 4.31 Å². The Morgan fingerprint density at radius 2 is 1.76 bits per heavy atom. The highest BCUT2D eigenvalue weighted by Crippen LogP contribution is 2.42. The molecule has 1 saturated heterocycles. The number of piperidine rings is 1. The number of hydrogen-bond acceptors (Lipinski definition) is 5. The van der Waals surface area contributed by atoms with E-state index in [0.717, 1.165) is 16.7 Å². The summed E-state index contributed by atoms with van der Waals surface area (Å²) in [6.45, 7) is 3.19.